The van der Waals surface area contributed by atoms with Crippen LogP contribution in [0.25, 0.3) is 6.08 Å². The molecule has 0 aromatic heterocycles. The van der Waals surface area contributed by atoms with E-state index in [1.165, 1.54) is 13.0 Å². The highest BCUT2D eigenvalue weighted by molar-refractivity contribution is 6.36. The van der Waals surface area contributed by atoms with Gasteiger partial charge >= 0.3 is 12.1 Å². The van der Waals surface area contributed by atoms with Crippen molar-refractivity contribution in [2.75, 3.05) is 6.61 Å². The van der Waals surface area contributed by atoms with Gasteiger partial charge in [0.1, 0.15) is 17.2 Å². The first-order valence-corrected chi connectivity index (χ1v) is 13.5. The maximum absolute atomic E-state index is 14.0. The Bertz CT molecular complexity index is 1640. The number of fused-ring (bicyclic) bond motifs is 1. The largest absolute Gasteiger partial charge is 0.507 e. The molecule has 0 radical (unpaired) electrons. The summed E-state index contributed by atoms with van der Waals surface area (Å²) >= 11 is 27.4. The quantitative estimate of drug-likeness (QED) is 0.119. The number of benzene rings is 3. The van der Waals surface area contributed by atoms with Crippen molar-refractivity contribution in [3.8, 4) is 17.2 Å². The van der Waals surface area contributed by atoms with Crippen LogP contribution in [0.5, 0.6) is 17.2 Å². The van der Waals surface area contributed by atoms with Gasteiger partial charge in [0.25, 0.3) is 0 Å². The first kappa shape index (κ1) is 37.8. The van der Waals surface area contributed by atoms with Crippen molar-refractivity contribution < 1.29 is 60.4 Å². The summed E-state index contributed by atoms with van der Waals surface area (Å²) in [6.07, 6.45) is -6.44. The standard InChI is InChI=1S/C13H8Cl2F4O3.C7H3Cl2FO2.C7H4ClFO2/c1-2-21-12(20)6-3-5-9(16)7(14)4-8(15)10(5)22-11(6)13(17,18)19;8-4-1-5(9)7(12)3(2-11)6(4)10;8-5-1-2-6(11)4(3-10)7(5)9/h3-4,11H,2H2,1H3;1-2,12H;1-3,11H. The summed E-state index contributed by atoms with van der Waals surface area (Å²) in [5.74, 6) is -5.67. The zero-order valence-corrected chi connectivity index (χ0v) is 25.7. The molecule has 0 bridgehead atoms. The SMILES string of the molecule is CCOC(=O)C1=Cc2c(F)c(Cl)cc(Cl)c2OC1C(F)(F)F.O=Cc1c(O)c(Cl)cc(Cl)c1F.O=Cc1c(O)ccc(Cl)c1F. The summed E-state index contributed by atoms with van der Waals surface area (Å²) < 4.78 is 88.0. The van der Waals surface area contributed by atoms with Crippen LogP contribution in [-0.4, -0.2) is 47.6 Å². The van der Waals surface area contributed by atoms with Crippen molar-refractivity contribution >= 4 is 82.6 Å². The number of phenols is 2. The Balaban J connectivity index is 0.000000259. The van der Waals surface area contributed by atoms with Gasteiger partial charge in [-0.2, -0.15) is 13.2 Å². The molecule has 0 aliphatic carbocycles. The molecule has 1 atom stereocenters. The molecule has 45 heavy (non-hydrogen) atoms. The van der Waals surface area contributed by atoms with Crippen LogP contribution in [0.3, 0.4) is 0 Å². The Morgan fingerprint density at radius 1 is 0.867 bits per heavy atom. The second-order valence-corrected chi connectivity index (χ2v) is 10.2. The first-order chi connectivity index (χ1) is 20.9. The van der Waals surface area contributed by atoms with Crippen molar-refractivity contribution in [2.24, 2.45) is 0 Å². The Morgan fingerprint density at radius 3 is 1.91 bits per heavy atom. The maximum Gasteiger partial charge on any atom is 0.430 e. The molecule has 0 spiro atoms. The van der Waals surface area contributed by atoms with Crippen molar-refractivity contribution in [3.05, 3.63) is 89.1 Å². The van der Waals surface area contributed by atoms with Crippen molar-refractivity contribution in [2.45, 2.75) is 19.2 Å². The number of halogens is 11. The fraction of sp³-hybridized carbons (Fsp3) is 0.148. The minimum Gasteiger partial charge on any atom is -0.507 e. The highest BCUT2D eigenvalue weighted by Gasteiger charge is 2.49. The van der Waals surface area contributed by atoms with E-state index in [-0.39, 0.29) is 39.3 Å². The number of phenolic OH excluding ortho intramolecular Hbond substituents is 2. The van der Waals surface area contributed by atoms with Gasteiger partial charge in [0.15, 0.2) is 30.0 Å². The lowest BCUT2D eigenvalue weighted by Crippen LogP contribution is -2.41. The van der Waals surface area contributed by atoms with Crippen LogP contribution in [-0.2, 0) is 9.53 Å². The molecule has 3 aromatic carbocycles. The number of ether oxygens (including phenoxy) is 2. The number of hydrogen-bond acceptors (Lipinski definition) is 7. The molecule has 3 aromatic rings. The molecule has 1 aliphatic rings. The van der Waals surface area contributed by atoms with Crippen molar-refractivity contribution in [3.63, 3.8) is 0 Å². The van der Waals surface area contributed by atoms with E-state index in [0.29, 0.717) is 6.08 Å². The van der Waals surface area contributed by atoms with Crippen LogP contribution >= 0.6 is 58.0 Å². The number of carbonyl (C=O) groups excluding carboxylic acids is 3. The topological polar surface area (TPSA) is 110 Å². The summed E-state index contributed by atoms with van der Waals surface area (Å²) in [5, 5.41) is 16.6. The summed E-state index contributed by atoms with van der Waals surface area (Å²) in [4.78, 5) is 32.1. The van der Waals surface area contributed by atoms with E-state index < -0.39 is 80.2 Å². The van der Waals surface area contributed by atoms with E-state index in [2.05, 4.69) is 4.74 Å². The van der Waals surface area contributed by atoms with E-state index in [9.17, 15) is 40.7 Å². The van der Waals surface area contributed by atoms with Gasteiger partial charge in [-0.05, 0) is 37.3 Å². The molecular weight excluding hydrogens is 728 g/mol. The average molecular weight is 743 g/mol. The Morgan fingerprint density at radius 2 is 1.40 bits per heavy atom. The first-order valence-electron chi connectivity index (χ1n) is 11.6. The van der Waals surface area contributed by atoms with Gasteiger partial charge in [0, 0.05) is 0 Å². The number of esters is 1. The van der Waals surface area contributed by atoms with Gasteiger partial charge in [0.05, 0.1) is 54.0 Å². The molecule has 0 fully saturated rings. The zero-order valence-electron chi connectivity index (χ0n) is 21.9. The molecule has 18 heteroatoms. The van der Waals surface area contributed by atoms with E-state index in [0.717, 1.165) is 18.2 Å². The van der Waals surface area contributed by atoms with Gasteiger partial charge in [0.2, 0.25) is 6.10 Å². The fourth-order valence-corrected chi connectivity index (χ4v) is 4.43. The molecule has 1 unspecified atom stereocenters. The smallest absolute Gasteiger partial charge is 0.430 e. The van der Waals surface area contributed by atoms with Gasteiger partial charge in [-0.15, -0.1) is 0 Å². The minimum absolute atomic E-state index is 0.146. The van der Waals surface area contributed by atoms with Crippen molar-refractivity contribution in [1.82, 2.24) is 0 Å². The third-order valence-corrected chi connectivity index (χ3v) is 6.72. The highest BCUT2D eigenvalue weighted by atomic mass is 35.5. The predicted octanol–water partition coefficient (Wildman–Crippen LogP) is 9.05. The number of alkyl halides is 3. The molecule has 7 nitrogen and oxygen atoms in total. The lowest BCUT2D eigenvalue weighted by Gasteiger charge is -2.28. The molecular formula is C27H15Cl5F6O7. The van der Waals surface area contributed by atoms with Gasteiger partial charge in [-0.1, -0.05) is 58.0 Å². The number of aromatic hydroxyl groups is 2. The monoisotopic (exact) mass is 740 g/mol. The lowest BCUT2D eigenvalue weighted by atomic mass is 10.0. The molecule has 4 rings (SSSR count). The summed E-state index contributed by atoms with van der Waals surface area (Å²) in [6, 6.07) is 4.29. The Kier molecular flexibility index (Phi) is 13.3. The van der Waals surface area contributed by atoms with Gasteiger partial charge < -0.3 is 19.7 Å². The number of aldehydes is 2. The number of rotatable bonds is 4. The third-order valence-electron chi connectivity index (χ3n) is 5.31. The molecule has 242 valence electrons. The van der Waals surface area contributed by atoms with Gasteiger partial charge in [-0.3, -0.25) is 9.59 Å². The van der Waals surface area contributed by atoms with Crippen LogP contribution in [0.2, 0.25) is 25.1 Å². The Hall–Kier alpha value is -3.36. The molecule has 0 saturated carbocycles. The van der Waals surface area contributed by atoms with E-state index in [1.54, 1.807) is 0 Å². The molecule has 0 saturated heterocycles. The number of carbonyl (C=O) groups is 3. The van der Waals surface area contributed by atoms with Crippen LogP contribution in [0.15, 0.2) is 29.8 Å². The second kappa shape index (κ2) is 15.8. The van der Waals surface area contributed by atoms with E-state index >= 15 is 0 Å². The normalized spacial score (nSPS) is 13.5. The lowest BCUT2D eigenvalue weighted by molar-refractivity contribution is -0.187. The highest BCUT2D eigenvalue weighted by Crippen LogP contribution is 2.44. The van der Waals surface area contributed by atoms with Crippen LogP contribution in [0, 0.1) is 17.5 Å². The zero-order chi connectivity index (χ0) is 34.4. The molecule has 1 heterocycles. The second-order valence-electron chi connectivity index (χ2n) is 8.20. The van der Waals surface area contributed by atoms with Crippen molar-refractivity contribution in [1.29, 1.82) is 0 Å². The van der Waals surface area contributed by atoms with Crippen LogP contribution < -0.4 is 4.74 Å². The van der Waals surface area contributed by atoms with Crippen LogP contribution in [0.4, 0.5) is 26.3 Å². The Labute approximate surface area is 274 Å². The fourth-order valence-electron chi connectivity index (χ4n) is 3.26. The van der Waals surface area contributed by atoms with Crippen LogP contribution in [0.1, 0.15) is 33.2 Å². The molecule has 0 amide bonds. The average Bonchev–Trinajstić information content (AvgIpc) is 2.97. The third kappa shape index (κ3) is 8.88. The summed E-state index contributed by atoms with van der Waals surface area (Å²) in [6.45, 7) is 1.28. The summed E-state index contributed by atoms with van der Waals surface area (Å²) in [7, 11) is 0. The van der Waals surface area contributed by atoms with E-state index in [4.69, 9.17) is 73.0 Å². The molecule has 1 aliphatic heterocycles. The minimum atomic E-state index is -4.91. The summed E-state index contributed by atoms with van der Waals surface area (Å²) in [5.41, 5.74) is -2.23. The molecule has 2 N–H and O–H groups in total. The maximum atomic E-state index is 14.0. The number of hydrogen-bond donors (Lipinski definition) is 2. The van der Waals surface area contributed by atoms with Gasteiger partial charge in [-0.25, -0.2) is 18.0 Å². The predicted molar refractivity (Wildman–Crippen MR) is 153 cm³/mol. The van der Waals surface area contributed by atoms with E-state index in [1.807, 2.05) is 0 Å².